The Hall–Kier alpha value is -2.30. The Morgan fingerprint density at radius 3 is 2.63 bits per heavy atom. The van der Waals surface area contributed by atoms with E-state index < -0.39 is 17.5 Å². The van der Waals surface area contributed by atoms with Gasteiger partial charge in [-0.15, -0.1) is 0 Å². The van der Waals surface area contributed by atoms with Gasteiger partial charge >= 0.3 is 0 Å². The Morgan fingerprint density at radius 2 is 1.89 bits per heavy atom. The highest BCUT2D eigenvalue weighted by Gasteiger charge is 2.10. The smallest absolute Gasteiger partial charge is 0.165 e. The van der Waals surface area contributed by atoms with Crippen LogP contribution >= 0.6 is 0 Å². The van der Waals surface area contributed by atoms with Gasteiger partial charge in [-0.05, 0) is 24.3 Å². The standard InChI is InChI=1S/C14H9F3O2/c15-11-4-5-13(10(6-11)7-18)19-8-9-2-1-3-12(16)14(9)17/h1-7H,8H2. The van der Waals surface area contributed by atoms with E-state index in [4.69, 9.17) is 4.74 Å². The lowest BCUT2D eigenvalue weighted by atomic mass is 10.2. The van der Waals surface area contributed by atoms with Crippen molar-refractivity contribution in [3.63, 3.8) is 0 Å². The van der Waals surface area contributed by atoms with Gasteiger partial charge in [0.1, 0.15) is 18.2 Å². The summed E-state index contributed by atoms with van der Waals surface area (Å²) in [5.41, 5.74) is 0.0259. The zero-order chi connectivity index (χ0) is 13.8. The van der Waals surface area contributed by atoms with Crippen LogP contribution < -0.4 is 4.74 Å². The molecule has 2 aromatic carbocycles. The van der Waals surface area contributed by atoms with Crippen molar-refractivity contribution in [3.05, 3.63) is 65.0 Å². The normalized spacial score (nSPS) is 10.3. The number of carbonyl (C=O) groups is 1. The number of carbonyl (C=O) groups excluding carboxylic acids is 1. The zero-order valence-corrected chi connectivity index (χ0v) is 9.70. The van der Waals surface area contributed by atoms with E-state index in [1.54, 1.807) is 0 Å². The molecule has 2 nitrogen and oxygen atoms in total. The van der Waals surface area contributed by atoms with Crippen LogP contribution in [0.2, 0.25) is 0 Å². The summed E-state index contributed by atoms with van der Waals surface area (Å²) in [6.45, 7) is -0.254. The molecular weight excluding hydrogens is 257 g/mol. The van der Waals surface area contributed by atoms with E-state index in [0.717, 1.165) is 18.2 Å². The molecule has 0 amide bonds. The van der Waals surface area contributed by atoms with Gasteiger partial charge in [-0.25, -0.2) is 13.2 Å². The third-order valence-corrected chi connectivity index (χ3v) is 2.51. The van der Waals surface area contributed by atoms with E-state index in [1.165, 1.54) is 18.2 Å². The molecule has 0 aliphatic rings. The number of halogens is 3. The van der Waals surface area contributed by atoms with Crippen molar-refractivity contribution < 1.29 is 22.7 Å². The highest BCUT2D eigenvalue weighted by molar-refractivity contribution is 5.79. The Kier molecular flexibility index (Phi) is 3.85. The van der Waals surface area contributed by atoms with Crippen LogP contribution in [0, 0.1) is 17.5 Å². The predicted octanol–water partition coefficient (Wildman–Crippen LogP) is 3.50. The SMILES string of the molecule is O=Cc1cc(F)ccc1OCc1cccc(F)c1F. The second-order valence-electron chi connectivity index (χ2n) is 3.80. The van der Waals surface area contributed by atoms with Gasteiger partial charge in [0.05, 0.1) is 5.56 Å². The lowest BCUT2D eigenvalue weighted by Gasteiger charge is -2.09. The zero-order valence-electron chi connectivity index (χ0n) is 9.70. The monoisotopic (exact) mass is 266 g/mol. The second-order valence-corrected chi connectivity index (χ2v) is 3.80. The molecule has 19 heavy (non-hydrogen) atoms. The van der Waals surface area contributed by atoms with Crippen molar-refractivity contribution in [2.75, 3.05) is 0 Å². The molecule has 0 spiro atoms. The van der Waals surface area contributed by atoms with Gasteiger partial charge in [-0.3, -0.25) is 4.79 Å². The van der Waals surface area contributed by atoms with Gasteiger partial charge in [0.2, 0.25) is 0 Å². The molecule has 0 radical (unpaired) electrons. The fourth-order valence-corrected chi connectivity index (χ4v) is 1.56. The van der Waals surface area contributed by atoms with Gasteiger partial charge in [0.25, 0.3) is 0 Å². The largest absolute Gasteiger partial charge is 0.488 e. The minimum Gasteiger partial charge on any atom is -0.488 e. The summed E-state index contributed by atoms with van der Waals surface area (Å²) in [5.74, 6) is -2.44. The van der Waals surface area contributed by atoms with Crippen molar-refractivity contribution in [2.24, 2.45) is 0 Å². The lowest BCUT2D eigenvalue weighted by Crippen LogP contribution is -2.02. The highest BCUT2D eigenvalue weighted by atomic mass is 19.2. The summed E-state index contributed by atoms with van der Waals surface area (Å²) in [7, 11) is 0. The van der Waals surface area contributed by atoms with E-state index in [1.807, 2.05) is 0 Å². The summed E-state index contributed by atoms with van der Waals surface area (Å²) in [5, 5.41) is 0. The average molecular weight is 266 g/mol. The number of hydrogen-bond acceptors (Lipinski definition) is 2. The van der Waals surface area contributed by atoms with Crippen LogP contribution in [0.25, 0.3) is 0 Å². The summed E-state index contributed by atoms with van der Waals surface area (Å²) in [6, 6.07) is 7.09. The van der Waals surface area contributed by atoms with Crippen molar-refractivity contribution >= 4 is 6.29 Å². The van der Waals surface area contributed by atoms with Crippen LogP contribution in [0.5, 0.6) is 5.75 Å². The molecule has 0 aliphatic heterocycles. The van der Waals surface area contributed by atoms with Crippen molar-refractivity contribution in [1.29, 1.82) is 0 Å². The number of rotatable bonds is 4. The molecule has 98 valence electrons. The van der Waals surface area contributed by atoms with Crippen molar-refractivity contribution in [3.8, 4) is 5.75 Å². The van der Waals surface area contributed by atoms with E-state index in [2.05, 4.69) is 0 Å². The van der Waals surface area contributed by atoms with Crippen LogP contribution in [0.4, 0.5) is 13.2 Å². The van der Waals surface area contributed by atoms with Gasteiger partial charge in [0, 0.05) is 5.56 Å². The first kappa shape index (κ1) is 13.1. The molecule has 0 saturated carbocycles. The average Bonchev–Trinajstić information content (AvgIpc) is 2.41. The van der Waals surface area contributed by atoms with Crippen LogP contribution in [0.1, 0.15) is 15.9 Å². The van der Waals surface area contributed by atoms with Gasteiger partial charge in [-0.1, -0.05) is 12.1 Å². The Morgan fingerprint density at radius 1 is 1.11 bits per heavy atom. The molecule has 0 aliphatic carbocycles. The molecule has 0 saturated heterocycles. The molecule has 0 atom stereocenters. The maximum absolute atomic E-state index is 13.4. The summed E-state index contributed by atoms with van der Waals surface area (Å²) >= 11 is 0. The summed E-state index contributed by atoms with van der Waals surface area (Å²) < 4.78 is 44.4. The molecule has 0 bridgehead atoms. The van der Waals surface area contributed by atoms with Crippen LogP contribution in [-0.2, 0) is 6.61 Å². The van der Waals surface area contributed by atoms with Gasteiger partial charge < -0.3 is 4.74 Å². The molecule has 0 N–H and O–H groups in total. The van der Waals surface area contributed by atoms with E-state index in [-0.39, 0.29) is 23.5 Å². The lowest BCUT2D eigenvalue weighted by molar-refractivity contribution is 0.111. The van der Waals surface area contributed by atoms with Crippen LogP contribution in [-0.4, -0.2) is 6.29 Å². The van der Waals surface area contributed by atoms with Crippen molar-refractivity contribution in [2.45, 2.75) is 6.61 Å². The fraction of sp³-hybridized carbons (Fsp3) is 0.0714. The minimum atomic E-state index is -1.00. The quantitative estimate of drug-likeness (QED) is 0.792. The summed E-state index contributed by atoms with van der Waals surface area (Å²) in [6.07, 6.45) is 0.431. The van der Waals surface area contributed by atoms with E-state index in [9.17, 15) is 18.0 Å². The third-order valence-electron chi connectivity index (χ3n) is 2.51. The topological polar surface area (TPSA) is 26.3 Å². The van der Waals surface area contributed by atoms with E-state index >= 15 is 0 Å². The Labute approximate surface area is 107 Å². The molecule has 0 heterocycles. The number of benzene rings is 2. The first-order chi connectivity index (χ1) is 9.11. The maximum atomic E-state index is 13.4. The molecule has 0 fully saturated rings. The predicted molar refractivity (Wildman–Crippen MR) is 62.5 cm³/mol. The first-order valence-electron chi connectivity index (χ1n) is 5.42. The Balaban J connectivity index is 2.19. The maximum Gasteiger partial charge on any atom is 0.165 e. The van der Waals surface area contributed by atoms with Crippen LogP contribution in [0.15, 0.2) is 36.4 Å². The van der Waals surface area contributed by atoms with Gasteiger partial charge in [-0.2, -0.15) is 0 Å². The van der Waals surface area contributed by atoms with Crippen molar-refractivity contribution in [1.82, 2.24) is 0 Å². The number of hydrogen-bond donors (Lipinski definition) is 0. The summed E-state index contributed by atoms with van der Waals surface area (Å²) in [4.78, 5) is 10.7. The molecule has 0 unspecified atom stereocenters. The van der Waals surface area contributed by atoms with Gasteiger partial charge in [0.15, 0.2) is 17.9 Å². The highest BCUT2D eigenvalue weighted by Crippen LogP contribution is 2.20. The second kappa shape index (κ2) is 5.56. The Bertz CT molecular complexity index is 612. The molecule has 2 aromatic rings. The number of ether oxygens (including phenoxy) is 1. The molecule has 2 rings (SSSR count). The molecule has 5 heteroatoms. The molecule has 0 aromatic heterocycles. The van der Waals surface area contributed by atoms with E-state index in [0.29, 0.717) is 6.29 Å². The number of aldehydes is 1. The van der Waals surface area contributed by atoms with Crippen LogP contribution in [0.3, 0.4) is 0 Å². The fourth-order valence-electron chi connectivity index (χ4n) is 1.56. The minimum absolute atomic E-state index is 0.0109. The third kappa shape index (κ3) is 2.93. The molecular formula is C14H9F3O2. The first-order valence-corrected chi connectivity index (χ1v) is 5.42.